The van der Waals surface area contributed by atoms with Crippen LogP contribution in [0.5, 0.6) is 0 Å². The van der Waals surface area contributed by atoms with Gasteiger partial charge in [-0.05, 0) is 37.3 Å². The van der Waals surface area contributed by atoms with Gasteiger partial charge in [0.15, 0.2) is 11.0 Å². The zero-order valence-corrected chi connectivity index (χ0v) is 19.0. The third-order valence-corrected chi connectivity index (χ3v) is 5.60. The third kappa shape index (κ3) is 6.70. The molecule has 1 heterocycles. The largest absolute Gasteiger partial charge is 0.416 e. The number of nitrogens with one attached hydrogen (secondary N) is 2. The second kappa shape index (κ2) is 11.0. The van der Waals surface area contributed by atoms with Crippen LogP contribution in [0.2, 0.25) is 0 Å². The van der Waals surface area contributed by atoms with E-state index < -0.39 is 17.6 Å². The molecule has 3 aromatic rings. The number of amides is 2. The van der Waals surface area contributed by atoms with E-state index in [2.05, 4.69) is 27.4 Å². The van der Waals surface area contributed by atoms with Crippen LogP contribution in [0.3, 0.4) is 0 Å². The number of hydrogen-bond donors (Lipinski definition) is 2. The van der Waals surface area contributed by atoms with E-state index in [0.29, 0.717) is 23.1 Å². The molecule has 0 saturated carbocycles. The summed E-state index contributed by atoms with van der Waals surface area (Å²) in [6.07, 6.45) is -2.87. The average Bonchev–Trinajstić information content (AvgIpc) is 3.18. The van der Waals surface area contributed by atoms with Gasteiger partial charge in [-0.15, -0.1) is 16.8 Å². The molecule has 0 aliphatic heterocycles. The number of hydrogen-bond acceptors (Lipinski definition) is 5. The molecule has 178 valence electrons. The van der Waals surface area contributed by atoms with Crippen molar-refractivity contribution in [1.29, 1.82) is 0 Å². The number of aryl methyl sites for hydroxylation is 1. The van der Waals surface area contributed by atoms with Crippen LogP contribution >= 0.6 is 11.8 Å². The van der Waals surface area contributed by atoms with Crippen molar-refractivity contribution in [2.75, 3.05) is 11.1 Å². The number of anilines is 1. The summed E-state index contributed by atoms with van der Waals surface area (Å²) >= 11 is 1.07. The van der Waals surface area contributed by atoms with Gasteiger partial charge < -0.3 is 15.2 Å². The fourth-order valence-corrected chi connectivity index (χ4v) is 3.70. The molecule has 2 amide bonds. The molecule has 0 aliphatic rings. The van der Waals surface area contributed by atoms with Crippen molar-refractivity contribution in [2.24, 2.45) is 0 Å². The van der Waals surface area contributed by atoms with Crippen LogP contribution in [0.25, 0.3) is 0 Å². The maximum Gasteiger partial charge on any atom is 0.416 e. The first kappa shape index (κ1) is 25.0. The van der Waals surface area contributed by atoms with Crippen LogP contribution in [0.4, 0.5) is 18.9 Å². The number of carbonyl (C=O) groups is 2. The lowest BCUT2D eigenvalue weighted by molar-refractivity contribution is -0.137. The van der Waals surface area contributed by atoms with Gasteiger partial charge in [-0.1, -0.05) is 41.6 Å². The summed E-state index contributed by atoms with van der Waals surface area (Å²) in [4.78, 5) is 24.6. The molecule has 0 unspecified atom stereocenters. The summed E-state index contributed by atoms with van der Waals surface area (Å²) in [7, 11) is 0. The molecular formula is C23H22F3N5O2S. The van der Waals surface area contributed by atoms with Gasteiger partial charge in [-0.25, -0.2) is 0 Å². The molecule has 0 saturated heterocycles. The van der Waals surface area contributed by atoms with E-state index in [9.17, 15) is 22.8 Å². The number of aromatic nitrogens is 3. The van der Waals surface area contributed by atoms with Crippen molar-refractivity contribution in [2.45, 2.75) is 31.3 Å². The molecule has 0 atom stereocenters. The Morgan fingerprint density at radius 1 is 1.15 bits per heavy atom. The van der Waals surface area contributed by atoms with Gasteiger partial charge in [0.05, 0.1) is 17.9 Å². The second-order valence-corrected chi connectivity index (χ2v) is 8.20. The quantitative estimate of drug-likeness (QED) is 0.342. The van der Waals surface area contributed by atoms with Gasteiger partial charge >= 0.3 is 6.18 Å². The third-order valence-electron chi connectivity index (χ3n) is 4.63. The zero-order valence-electron chi connectivity index (χ0n) is 18.2. The van der Waals surface area contributed by atoms with Gasteiger partial charge in [0.25, 0.3) is 5.91 Å². The van der Waals surface area contributed by atoms with Crippen molar-refractivity contribution in [3.8, 4) is 0 Å². The van der Waals surface area contributed by atoms with Gasteiger partial charge in [-0.3, -0.25) is 9.59 Å². The second-order valence-electron chi connectivity index (χ2n) is 7.26. The Balaban J connectivity index is 1.60. The Kier molecular flexibility index (Phi) is 8.11. The lowest BCUT2D eigenvalue weighted by Gasteiger charge is -2.10. The highest BCUT2D eigenvalue weighted by Crippen LogP contribution is 2.30. The highest BCUT2D eigenvalue weighted by atomic mass is 32.2. The molecule has 0 spiro atoms. The molecule has 11 heteroatoms. The number of nitrogens with zero attached hydrogens (tertiary/aromatic N) is 3. The van der Waals surface area contributed by atoms with Gasteiger partial charge in [0.1, 0.15) is 0 Å². The first-order valence-electron chi connectivity index (χ1n) is 10.1. The van der Waals surface area contributed by atoms with E-state index in [1.54, 1.807) is 22.8 Å². The Bertz CT molecular complexity index is 1180. The van der Waals surface area contributed by atoms with Crippen LogP contribution in [0.15, 0.2) is 66.3 Å². The van der Waals surface area contributed by atoms with Gasteiger partial charge in [0.2, 0.25) is 5.91 Å². The van der Waals surface area contributed by atoms with Crippen LogP contribution in [-0.4, -0.2) is 32.3 Å². The van der Waals surface area contributed by atoms with E-state index in [4.69, 9.17) is 0 Å². The average molecular weight is 490 g/mol. The topological polar surface area (TPSA) is 88.9 Å². The molecule has 0 bridgehead atoms. The molecule has 34 heavy (non-hydrogen) atoms. The minimum Gasteiger partial charge on any atom is -0.345 e. The summed E-state index contributed by atoms with van der Waals surface area (Å²) in [6, 6.07) is 11.5. The standard InChI is InChI=1S/C23H22F3N5O2S/c1-3-11-31-19(13-27-21(33)16-9-7-15(2)8-10-16)29-30-22(31)34-14-20(32)28-18-6-4-5-17(12-18)23(24,25)26/h3-10,12H,1,11,13-14H2,2H3,(H,27,33)(H,28,32). The number of allylic oxidation sites excluding steroid dienone is 1. The normalized spacial score (nSPS) is 11.2. The first-order valence-corrected chi connectivity index (χ1v) is 11.1. The summed E-state index contributed by atoms with van der Waals surface area (Å²) in [6.45, 7) is 6.10. The maximum atomic E-state index is 12.9. The zero-order chi connectivity index (χ0) is 24.7. The molecule has 1 aromatic heterocycles. The highest BCUT2D eigenvalue weighted by molar-refractivity contribution is 7.99. The molecule has 3 rings (SSSR count). The molecule has 0 fully saturated rings. The molecular weight excluding hydrogens is 467 g/mol. The summed E-state index contributed by atoms with van der Waals surface area (Å²) in [5.74, 6) is -0.378. The number of rotatable bonds is 9. The SMILES string of the molecule is C=CCn1c(CNC(=O)c2ccc(C)cc2)nnc1SCC(=O)Nc1cccc(C(F)(F)F)c1. The van der Waals surface area contributed by atoms with E-state index in [1.807, 2.05) is 19.1 Å². The van der Waals surface area contributed by atoms with Crippen LogP contribution in [0, 0.1) is 6.92 Å². The highest BCUT2D eigenvalue weighted by Gasteiger charge is 2.30. The van der Waals surface area contributed by atoms with Crippen LogP contribution in [0.1, 0.15) is 27.3 Å². The van der Waals surface area contributed by atoms with Crippen molar-refractivity contribution in [3.05, 3.63) is 83.7 Å². The molecule has 2 N–H and O–H groups in total. The van der Waals surface area contributed by atoms with E-state index in [0.717, 1.165) is 29.5 Å². The van der Waals surface area contributed by atoms with Gasteiger partial charge in [-0.2, -0.15) is 13.2 Å². The van der Waals surface area contributed by atoms with Crippen molar-refractivity contribution in [1.82, 2.24) is 20.1 Å². The first-order chi connectivity index (χ1) is 16.2. The Labute approximate surface area is 198 Å². The van der Waals surface area contributed by atoms with Crippen LogP contribution < -0.4 is 10.6 Å². The minimum atomic E-state index is -4.50. The van der Waals surface area contributed by atoms with E-state index >= 15 is 0 Å². The predicted molar refractivity (Wildman–Crippen MR) is 123 cm³/mol. The fraction of sp³-hybridized carbons (Fsp3) is 0.217. The van der Waals surface area contributed by atoms with E-state index in [-0.39, 0.29) is 23.9 Å². The van der Waals surface area contributed by atoms with E-state index in [1.165, 1.54) is 12.1 Å². The molecule has 0 radical (unpaired) electrons. The lowest BCUT2D eigenvalue weighted by Crippen LogP contribution is -2.24. The summed E-state index contributed by atoms with van der Waals surface area (Å²) in [5.41, 5.74) is 0.760. The number of thioether (sulfide) groups is 1. The fourth-order valence-electron chi connectivity index (χ4n) is 2.94. The molecule has 2 aromatic carbocycles. The summed E-state index contributed by atoms with van der Waals surface area (Å²) in [5, 5.41) is 13.8. The van der Waals surface area contributed by atoms with Gasteiger partial charge in [0, 0.05) is 17.8 Å². The van der Waals surface area contributed by atoms with Crippen molar-refractivity contribution < 1.29 is 22.8 Å². The number of benzene rings is 2. The molecule has 0 aliphatic carbocycles. The van der Waals surface area contributed by atoms with Crippen molar-refractivity contribution in [3.63, 3.8) is 0 Å². The molecule has 7 nitrogen and oxygen atoms in total. The Hall–Kier alpha value is -3.60. The summed E-state index contributed by atoms with van der Waals surface area (Å²) < 4.78 is 40.2. The number of carbonyl (C=O) groups excluding carboxylic acids is 2. The van der Waals surface area contributed by atoms with Crippen molar-refractivity contribution >= 4 is 29.3 Å². The Morgan fingerprint density at radius 2 is 1.88 bits per heavy atom. The minimum absolute atomic E-state index is 0.0486. The smallest absolute Gasteiger partial charge is 0.345 e. The maximum absolute atomic E-state index is 12.9. The Morgan fingerprint density at radius 3 is 2.56 bits per heavy atom. The predicted octanol–water partition coefficient (Wildman–Crippen LogP) is 4.45. The van der Waals surface area contributed by atoms with Crippen LogP contribution in [-0.2, 0) is 24.1 Å². The number of alkyl halides is 3. The number of halogens is 3. The monoisotopic (exact) mass is 489 g/mol. The lowest BCUT2D eigenvalue weighted by atomic mass is 10.1.